The summed E-state index contributed by atoms with van der Waals surface area (Å²) in [4.78, 5) is 10.9. The van der Waals surface area contributed by atoms with Crippen molar-refractivity contribution in [3.63, 3.8) is 0 Å². The summed E-state index contributed by atoms with van der Waals surface area (Å²) in [6.45, 7) is 0. The Bertz CT molecular complexity index is 538. The number of benzene rings is 2. The summed E-state index contributed by atoms with van der Waals surface area (Å²) in [5, 5.41) is 20.3. The molecule has 0 fully saturated rings. The molecule has 0 aliphatic heterocycles. The minimum atomic E-state index is -1.23. The zero-order chi connectivity index (χ0) is 12.3. The van der Waals surface area contributed by atoms with Crippen LogP contribution in [0.3, 0.4) is 0 Å². The molecule has 0 saturated carbocycles. The van der Waals surface area contributed by atoms with Gasteiger partial charge in [0.1, 0.15) is 5.75 Å². The van der Waals surface area contributed by atoms with Gasteiger partial charge in [-0.1, -0.05) is 30.3 Å². The van der Waals surface area contributed by atoms with Crippen molar-refractivity contribution in [3.05, 3.63) is 65.2 Å². The van der Waals surface area contributed by atoms with Crippen molar-refractivity contribution < 1.29 is 44.6 Å². The smallest absolute Gasteiger partial charge is 0.545 e. The second-order valence-electron chi connectivity index (χ2n) is 3.79. The van der Waals surface area contributed by atoms with Crippen molar-refractivity contribution in [3.8, 4) is 5.75 Å². The minimum Gasteiger partial charge on any atom is -0.545 e. The van der Waals surface area contributed by atoms with Gasteiger partial charge in [0.2, 0.25) is 0 Å². The van der Waals surface area contributed by atoms with Crippen molar-refractivity contribution in [2.24, 2.45) is 0 Å². The van der Waals surface area contributed by atoms with Gasteiger partial charge in [-0.3, -0.25) is 0 Å². The Balaban J connectivity index is 0.00000162. The number of hydrogen-bond donors (Lipinski definition) is 1. The van der Waals surface area contributed by atoms with E-state index in [1.165, 1.54) is 18.2 Å². The van der Waals surface area contributed by atoms with Crippen LogP contribution in [-0.2, 0) is 6.42 Å². The standard InChI is InChI=1S/C14H12O3.Na/c15-12-6-7-13(14(16)17)11(9-12)8-10-4-2-1-3-5-10;/h1-7,9,15H,8H2,(H,16,17);/q;+1/p-1. The first-order valence-electron chi connectivity index (χ1n) is 5.24. The molecule has 0 radical (unpaired) electrons. The third-order valence-corrected chi connectivity index (χ3v) is 2.55. The fourth-order valence-electron chi connectivity index (χ4n) is 1.74. The molecule has 4 heteroatoms. The maximum atomic E-state index is 10.9. The summed E-state index contributed by atoms with van der Waals surface area (Å²) in [6.07, 6.45) is 0.457. The summed E-state index contributed by atoms with van der Waals surface area (Å²) < 4.78 is 0. The van der Waals surface area contributed by atoms with E-state index in [9.17, 15) is 15.0 Å². The second-order valence-corrected chi connectivity index (χ2v) is 3.79. The Hall–Kier alpha value is -1.29. The molecule has 2 aromatic rings. The third-order valence-electron chi connectivity index (χ3n) is 2.55. The van der Waals surface area contributed by atoms with Crippen LogP contribution < -0.4 is 34.7 Å². The van der Waals surface area contributed by atoms with Gasteiger partial charge >= 0.3 is 29.6 Å². The van der Waals surface area contributed by atoms with E-state index in [1.54, 1.807) is 0 Å². The van der Waals surface area contributed by atoms with Gasteiger partial charge in [-0.2, -0.15) is 0 Å². The van der Waals surface area contributed by atoms with E-state index in [0.717, 1.165) is 5.56 Å². The van der Waals surface area contributed by atoms with Crippen LogP contribution in [0, 0.1) is 0 Å². The molecule has 0 spiro atoms. The number of carbonyl (C=O) groups is 1. The SMILES string of the molecule is O=C([O-])c1ccc(O)cc1Cc1ccccc1.[Na+]. The van der Waals surface area contributed by atoms with Crippen molar-refractivity contribution >= 4 is 5.97 Å². The number of phenols is 1. The number of hydrogen-bond acceptors (Lipinski definition) is 3. The fraction of sp³-hybridized carbons (Fsp3) is 0.0714. The largest absolute Gasteiger partial charge is 1.00 e. The van der Waals surface area contributed by atoms with Gasteiger partial charge in [-0.25, -0.2) is 0 Å². The van der Waals surface area contributed by atoms with Crippen LogP contribution in [0.2, 0.25) is 0 Å². The number of carbonyl (C=O) groups excluding carboxylic acids is 1. The van der Waals surface area contributed by atoms with Crippen LogP contribution in [0.1, 0.15) is 21.5 Å². The molecule has 3 nitrogen and oxygen atoms in total. The first-order valence-corrected chi connectivity index (χ1v) is 5.24. The molecule has 0 unspecified atom stereocenters. The summed E-state index contributed by atoms with van der Waals surface area (Å²) in [5.41, 5.74) is 1.66. The van der Waals surface area contributed by atoms with Gasteiger partial charge in [0.05, 0.1) is 5.97 Å². The Kier molecular flexibility index (Phi) is 5.41. The molecule has 0 aromatic heterocycles. The van der Waals surface area contributed by atoms with Gasteiger partial charge < -0.3 is 15.0 Å². The van der Waals surface area contributed by atoms with E-state index >= 15 is 0 Å². The van der Waals surface area contributed by atoms with Gasteiger partial charge in [-0.05, 0) is 35.7 Å². The van der Waals surface area contributed by atoms with Crippen molar-refractivity contribution in [1.82, 2.24) is 0 Å². The number of aromatic carboxylic acids is 1. The predicted molar refractivity (Wildman–Crippen MR) is 61.7 cm³/mol. The van der Waals surface area contributed by atoms with E-state index in [-0.39, 0.29) is 40.9 Å². The average Bonchev–Trinajstić information content (AvgIpc) is 2.30. The maximum absolute atomic E-state index is 10.9. The monoisotopic (exact) mass is 250 g/mol. The number of carboxylic acid groups (broad SMARTS) is 1. The van der Waals surface area contributed by atoms with Crippen LogP contribution in [-0.4, -0.2) is 11.1 Å². The first-order chi connectivity index (χ1) is 8.16. The second kappa shape index (κ2) is 6.59. The molecule has 0 amide bonds. The van der Waals surface area contributed by atoms with Crippen LogP contribution >= 0.6 is 0 Å². The zero-order valence-corrected chi connectivity index (χ0v) is 12.1. The topological polar surface area (TPSA) is 60.4 Å². The Morgan fingerprint density at radius 2 is 1.78 bits per heavy atom. The summed E-state index contributed by atoms with van der Waals surface area (Å²) >= 11 is 0. The zero-order valence-electron chi connectivity index (χ0n) is 10.1. The van der Waals surface area contributed by atoms with Crippen LogP contribution in [0.25, 0.3) is 0 Å². The van der Waals surface area contributed by atoms with E-state index in [1.807, 2.05) is 30.3 Å². The molecule has 0 aliphatic carbocycles. The molecule has 2 rings (SSSR count). The van der Waals surface area contributed by atoms with E-state index in [4.69, 9.17) is 0 Å². The van der Waals surface area contributed by atoms with Crippen molar-refractivity contribution in [1.29, 1.82) is 0 Å². The molecule has 86 valence electrons. The summed E-state index contributed by atoms with van der Waals surface area (Å²) in [7, 11) is 0. The molecular formula is C14H11NaO3. The molecule has 0 aliphatic rings. The van der Waals surface area contributed by atoms with E-state index in [0.29, 0.717) is 12.0 Å². The molecule has 0 atom stereocenters. The summed E-state index contributed by atoms with van der Waals surface area (Å²) in [5.74, 6) is -1.17. The van der Waals surface area contributed by atoms with Gasteiger partial charge in [0.25, 0.3) is 0 Å². The molecule has 18 heavy (non-hydrogen) atoms. The van der Waals surface area contributed by atoms with Gasteiger partial charge in [-0.15, -0.1) is 0 Å². The number of carboxylic acids is 1. The van der Waals surface area contributed by atoms with Gasteiger partial charge in [0.15, 0.2) is 0 Å². The maximum Gasteiger partial charge on any atom is 1.00 e. The van der Waals surface area contributed by atoms with Crippen molar-refractivity contribution in [2.45, 2.75) is 6.42 Å². The van der Waals surface area contributed by atoms with Crippen LogP contribution in [0.5, 0.6) is 5.75 Å². The molecular weight excluding hydrogens is 239 g/mol. The number of phenolic OH excluding ortho intramolecular Hbond substituents is 1. The fourth-order valence-corrected chi connectivity index (χ4v) is 1.74. The van der Waals surface area contributed by atoms with E-state index < -0.39 is 5.97 Å². The quantitative estimate of drug-likeness (QED) is 0.664. The van der Waals surface area contributed by atoms with Crippen LogP contribution in [0.15, 0.2) is 48.5 Å². The number of rotatable bonds is 3. The Morgan fingerprint density at radius 1 is 1.11 bits per heavy atom. The van der Waals surface area contributed by atoms with Crippen molar-refractivity contribution in [2.75, 3.05) is 0 Å². The predicted octanol–water partition coefficient (Wildman–Crippen LogP) is -1.65. The Labute approximate surface area is 127 Å². The molecule has 0 bridgehead atoms. The third kappa shape index (κ3) is 3.60. The molecule has 0 saturated heterocycles. The van der Waals surface area contributed by atoms with Gasteiger partial charge in [0, 0.05) is 5.56 Å². The Morgan fingerprint density at radius 3 is 2.39 bits per heavy atom. The van der Waals surface area contributed by atoms with Crippen LogP contribution in [0.4, 0.5) is 0 Å². The minimum absolute atomic E-state index is 0. The first kappa shape index (κ1) is 14.8. The molecule has 2 aromatic carbocycles. The summed E-state index contributed by atoms with van der Waals surface area (Å²) in [6, 6.07) is 13.6. The molecule has 1 N–H and O–H groups in total. The number of aromatic hydroxyl groups is 1. The van der Waals surface area contributed by atoms with E-state index in [2.05, 4.69) is 0 Å². The average molecular weight is 250 g/mol. The normalized spacial score (nSPS) is 9.56. The molecule has 0 heterocycles.